The highest BCUT2D eigenvalue weighted by Gasteiger charge is 2.22. The zero-order valence-corrected chi connectivity index (χ0v) is 14.0. The highest BCUT2D eigenvalue weighted by atomic mass is 16.5. The second-order valence-electron chi connectivity index (χ2n) is 6.72. The van der Waals surface area contributed by atoms with Crippen LogP contribution < -0.4 is 10.6 Å². The first-order chi connectivity index (χ1) is 10.2. The summed E-state index contributed by atoms with van der Waals surface area (Å²) in [5, 5.41) is 9.09. The Labute approximate surface area is 131 Å². The van der Waals surface area contributed by atoms with E-state index in [-0.39, 0.29) is 24.0 Å². The van der Waals surface area contributed by atoms with Crippen LogP contribution in [-0.4, -0.2) is 40.6 Å². The molecule has 7 nitrogen and oxygen atoms in total. The molecule has 0 fully saturated rings. The zero-order valence-electron chi connectivity index (χ0n) is 14.0. The van der Waals surface area contributed by atoms with E-state index in [2.05, 4.69) is 34.2 Å². The second-order valence-corrected chi connectivity index (χ2v) is 6.72. The quantitative estimate of drug-likeness (QED) is 0.845. The number of urea groups is 1. The lowest BCUT2D eigenvalue weighted by atomic mass is 10.1. The van der Waals surface area contributed by atoms with Crippen LogP contribution in [-0.2, 0) is 4.79 Å². The second kappa shape index (κ2) is 7.82. The number of aromatic nitrogens is 1. The van der Waals surface area contributed by atoms with Crippen LogP contribution in [0.25, 0.3) is 0 Å². The molecule has 1 aromatic heterocycles. The molecule has 22 heavy (non-hydrogen) atoms. The van der Waals surface area contributed by atoms with Crippen LogP contribution >= 0.6 is 0 Å². The van der Waals surface area contributed by atoms with Gasteiger partial charge in [-0.15, -0.1) is 0 Å². The Hall–Kier alpha value is -2.05. The SMILES string of the molecule is CC(C)CCN(CC(=O)Nc1ccon1)C(=O)NC(C)(C)C. The number of amides is 3. The predicted molar refractivity (Wildman–Crippen MR) is 84.4 cm³/mol. The van der Waals surface area contributed by atoms with Crippen molar-refractivity contribution in [2.45, 2.75) is 46.6 Å². The van der Waals surface area contributed by atoms with Gasteiger partial charge in [0.2, 0.25) is 5.91 Å². The summed E-state index contributed by atoms with van der Waals surface area (Å²) < 4.78 is 4.66. The van der Waals surface area contributed by atoms with Crippen molar-refractivity contribution in [3.05, 3.63) is 12.3 Å². The van der Waals surface area contributed by atoms with Crippen LogP contribution in [0.3, 0.4) is 0 Å². The van der Waals surface area contributed by atoms with E-state index in [1.807, 2.05) is 20.8 Å². The minimum absolute atomic E-state index is 0.0263. The van der Waals surface area contributed by atoms with E-state index >= 15 is 0 Å². The van der Waals surface area contributed by atoms with Gasteiger partial charge in [-0.05, 0) is 33.1 Å². The molecule has 0 aliphatic carbocycles. The van der Waals surface area contributed by atoms with Gasteiger partial charge in [-0.3, -0.25) is 4.79 Å². The van der Waals surface area contributed by atoms with Gasteiger partial charge >= 0.3 is 6.03 Å². The lowest BCUT2D eigenvalue weighted by molar-refractivity contribution is -0.116. The topological polar surface area (TPSA) is 87.5 Å². The lowest BCUT2D eigenvalue weighted by Crippen LogP contribution is -2.50. The Balaban J connectivity index is 2.64. The average Bonchev–Trinajstić information content (AvgIpc) is 2.84. The van der Waals surface area contributed by atoms with Crippen molar-refractivity contribution in [3.63, 3.8) is 0 Å². The molecule has 124 valence electrons. The summed E-state index contributed by atoms with van der Waals surface area (Å²) in [5.74, 6) is 0.482. The first kappa shape index (κ1) is 18.0. The highest BCUT2D eigenvalue weighted by molar-refractivity contribution is 5.93. The van der Waals surface area contributed by atoms with Crippen LogP contribution in [0.1, 0.15) is 41.0 Å². The van der Waals surface area contributed by atoms with Crippen molar-refractivity contribution < 1.29 is 14.1 Å². The summed E-state index contributed by atoms with van der Waals surface area (Å²) in [6.45, 7) is 10.4. The van der Waals surface area contributed by atoms with E-state index in [9.17, 15) is 9.59 Å². The number of hydrogen-bond acceptors (Lipinski definition) is 4. The Bertz CT molecular complexity index is 477. The molecule has 0 spiro atoms. The van der Waals surface area contributed by atoms with Crippen molar-refractivity contribution in [1.82, 2.24) is 15.4 Å². The maximum absolute atomic E-state index is 12.3. The molecule has 0 aliphatic rings. The third-order valence-electron chi connectivity index (χ3n) is 2.79. The molecule has 1 heterocycles. The Morgan fingerprint density at radius 3 is 2.55 bits per heavy atom. The van der Waals surface area contributed by atoms with E-state index in [0.29, 0.717) is 18.3 Å². The van der Waals surface area contributed by atoms with Crippen molar-refractivity contribution >= 4 is 17.8 Å². The number of nitrogens with zero attached hydrogens (tertiary/aromatic N) is 2. The van der Waals surface area contributed by atoms with Crippen molar-refractivity contribution in [3.8, 4) is 0 Å². The molecule has 0 unspecified atom stereocenters. The fourth-order valence-corrected chi connectivity index (χ4v) is 1.70. The van der Waals surface area contributed by atoms with Crippen molar-refractivity contribution in [1.29, 1.82) is 0 Å². The van der Waals surface area contributed by atoms with Crippen LogP contribution in [0.2, 0.25) is 0 Å². The molecule has 0 atom stereocenters. The van der Waals surface area contributed by atoms with E-state index in [0.717, 1.165) is 6.42 Å². The lowest BCUT2D eigenvalue weighted by Gasteiger charge is -2.28. The van der Waals surface area contributed by atoms with Gasteiger partial charge in [0.15, 0.2) is 5.82 Å². The van der Waals surface area contributed by atoms with Crippen molar-refractivity contribution in [2.24, 2.45) is 5.92 Å². The molecular formula is C15H26N4O3. The van der Waals surface area contributed by atoms with Gasteiger partial charge in [0.1, 0.15) is 12.8 Å². The van der Waals surface area contributed by atoms with E-state index in [1.54, 1.807) is 6.07 Å². The van der Waals surface area contributed by atoms with Crippen LogP contribution in [0.15, 0.2) is 16.9 Å². The van der Waals surface area contributed by atoms with E-state index in [1.165, 1.54) is 11.2 Å². The molecule has 0 bridgehead atoms. The smallest absolute Gasteiger partial charge is 0.318 e. The first-order valence-electron chi connectivity index (χ1n) is 7.44. The number of carbonyl (C=O) groups is 2. The molecule has 2 N–H and O–H groups in total. The summed E-state index contributed by atoms with van der Waals surface area (Å²) >= 11 is 0. The Morgan fingerprint density at radius 2 is 2.05 bits per heavy atom. The summed E-state index contributed by atoms with van der Waals surface area (Å²) in [5.41, 5.74) is -0.351. The van der Waals surface area contributed by atoms with Gasteiger partial charge in [0.05, 0.1) is 0 Å². The molecule has 3 amide bonds. The summed E-state index contributed by atoms with van der Waals surface area (Å²) in [7, 11) is 0. The van der Waals surface area contributed by atoms with Gasteiger partial charge in [-0.2, -0.15) is 0 Å². The van der Waals surface area contributed by atoms with Gasteiger partial charge in [-0.25, -0.2) is 4.79 Å². The van der Waals surface area contributed by atoms with Crippen molar-refractivity contribution in [2.75, 3.05) is 18.4 Å². The van der Waals surface area contributed by atoms with Gasteiger partial charge in [0.25, 0.3) is 0 Å². The maximum atomic E-state index is 12.3. The fourth-order valence-electron chi connectivity index (χ4n) is 1.70. The number of nitrogens with one attached hydrogen (secondary N) is 2. The summed E-state index contributed by atoms with van der Waals surface area (Å²) in [6, 6.07) is 1.30. The number of carbonyl (C=O) groups excluding carboxylic acids is 2. The molecule has 1 aromatic rings. The van der Waals surface area contributed by atoms with Gasteiger partial charge < -0.3 is 20.1 Å². The predicted octanol–water partition coefficient (Wildman–Crippen LogP) is 2.47. The minimum atomic E-state index is -0.351. The Kier molecular flexibility index (Phi) is 6.39. The molecule has 7 heteroatoms. The average molecular weight is 310 g/mol. The normalized spacial score (nSPS) is 11.4. The fraction of sp³-hybridized carbons (Fsp3) is 0.667. The minimum Gasteiger partial charge on any atom is -0.363 e. The largest absolute Gasteiger partial charge is 0.363 e. The molecule has 0 aliphatic heterocycles. The zero-order chi connectivity index (χ0) is 16.8. The molecule has 0 saturated heterocycles. The Morgan fingerprint density at radius 1 is 1.36 bits per heavy atom. The summed E-state index contributed by atoms with van der Waals surface area (Å²) in [6.07, 6.45) is 2.20. The first-order valence-corrected chi connectivity index (χ1v) is 7.44. The van der Waals surface area contributed by atoms with Crippen LogP contribution in [0, 0.1) is 5.92 Å². The molecule has 0 aromatic carbocycles. The molecule has 0 radical (unpaired) electrons. The number of rotatable bonds is 6. The third kappa shape index (κ3) is 7.10. The maximum Gasteiger partial charge on any atom is 0.318 e. The standard InChI is InChI=1S/C15H26N4O3/c1-11(2)6-8-19(14(21)17-15(3,4)5)10-13(20)16-12-7-9-22-18-12/h7,9,11H,6,8,10H2,1-5H3,(H,17,21)(H,16,18,20). The highest BCUT2D eigenvalue weighted by Crippen LogP contribution is 2.07. The monoisotopic (exact) mass is 310 g/mol. The van der Waals surface area contributed by atoms with Gasteiger partial charge in [-0.1, -0.05) is 19.0 Å². The molecule has 1 rings (SSSR count). The summed E-state index contributed by atoms with van der Waals surface area (Å²) in [4.78, 5) is 25.8. The van der Waals surface area contributed by atoms with E-state index in [4.69, 9.17) is 0 Å². The van der Waals surface area contributed by atoms with Crippen LogP contribution in [0.5, 0.6) is 0 Å². The molecule has 0 saturated carbocycles. The van der Waals surface area contributed by atoms with Gasteiger partial charge in [0, 0.05) is 18.2 Å². The number of anilines is 1. The molecular weight excluding hydrogens is 284 g/mol. The van der Waals surface area contributed by atoms with E-state index < -0.39 is 0 Å². The third-order valence-corrected chi connectivity index (χ3v) is 2.79. The number of hydrogen-bond donors (Lipinski definition) is 2. The van der Waals surface area contributed by atoms with Crippen LogP contribution in [0.4, 0.5) is 10.6 Å².